The van der Waals surface area contributed by atoms with Crippen molar-refractivity contribution in [2.24, 2.45) is 5.41 Å². The lowest BCUT2D eigenvalue weighted by Crippen LogP contribution is -2.36. The van der Waals surface area contributed by atoms with Gasteiger partial charge in [0.25, 0.3) is 0 Å². The fourth-order valence-electron chi connectivity index (χ4n) is 2.67. The van der Waals surface area contributed by atoms with Crippen molar-refractivity contribution in [3.63, 3.8) is 0 Å². The van der Waals surface area contributed by atoms with Crippen LogP contribution in [0.5, 0.6) is 0 Å². The van der Waals surface area contributed by atoms with Crippen LogP contribution in [0.3, 0.4) is 0 Å². The number of morpholine rings is 1. The molecule has 0 aliphatic carbocycles. The van der Waals surface area contributed by atoms with Crippen molar-refractivity contribution >= 4 is 28.9 Å². The maximum absolute atomic E-state index is 12.1. The molecule has 7 heteroatoms. The van der Waals surface area contributed by atoms with Crippen LogP contribution in [0.15, 0.2) is 30.3 Å². The Morgan fingerprint density at radius 2 is 1.70 bits per heavy atom. The summed E-state index contributed by atoms with van der Waals surface area (Å²) >= 11 is 0. The highest BCUT2D eigenvalue weighted by Crippen LogP contribution is 2.23. The Morgan fingerprint density at radius 3 is 2.33 bits per heavy atom. The Bertz CT molecular complexity index is 793. The summed E-state index contributed by atoms with van der Waals surface area (Å²) in [5.41, 5.74) is 1.24. The minimum absolute atomic E-state index is 0.00946. The van der Waals surface area contributed by atoms with Crippen LogP contribution in [0.4, 0.5) is 23.0 Å². The SMILES string of the molecule is Cc1nc(Nc2ccc(NC(=O)C(C)(C)C)cc2)cc(N2CCOCC2)n1. The molecule has 3 rings (SSSR count). The molecular weight excluding hydrogens is 342 g/mol. The van der Waals surface area contributed by atoms with E-state index in [0.29, 0.717) is 13.2 Å². The molecule has 1 aliphatic rings. The van der Waals surface area contributed by atoms with Gasteiger partial charge in [-0.25, -0.2) is 9.97 Å². The zero-order valence-electron chi connectivity index (χ0n) is 16.4. The smallest absolute Gasteiger partial charge is 0.229 e. The molecule has 1 aromatic heterocycles. The number of anilines is 4. The quantitative estimate of drug-likeness (QED) is 0.860. The van der Waals surface area contributed by atoms with E-state index in [9.17, 15) is 4.79 Å². The van der Waals surface area contributed by atoms with E-state index in [1.54, 1.807) is 0 Å². The molecule has 7 nitrogen and oxygen atoms in total. The minimum Gasteiger partial charge on any atom is -0.378 e. The maximum Gasteiger partial charge on any atom is 0.229 e. The van der Waals surface area contributed by atoms with Gasteiger partial charge in [0.1, 0.15) is 17.5 Å². The number of aryl methyl sites for hydroxylation is 1. The fraction of sp³-hybridized carbons (Fsp3) is 0.450. The van der Waals surface area contributed by atoms with Crippen LogP contribution in [0.2, 0.25) is 0 Å². The highest BCUT2D eigenvalue weighted by atomic mass is 16.5. The van der Waals surface area contributed by atoms with Crippen molar-refractivity contribution in [2.45, 2.75) is 27.7 Å². The third-order valence-electron chi connectivity index (χ3n) is 4.26. The van der Waals surface area contributed by atoms with E-state index in [4.69, 9.17) is 4.74 Å². The number of carbonyl (C=O) groups is 1. The van der Waals surface area contributed by atoms with Gasteiger partial charge in [-0.1, -0.05) is 20.8 Å². The molecule has 0 bridgehead atoms. The first-order valence-corrected chi connectivity index (χ1v) is 9.18. The van der Waals surface area contributed by atoms with E-state index >= 15 is 0 Å². The number of nitrogens with zero attached hydrogens (tertiary/aromatic N) is 3. The summed E-state index contributed by atoms with van der Waals surface area (Å²) in [4.78, 5) is 23.3. The van der Waals surface area contributed by atoms with Crippen molar-refractivity contribution < 1.29 is 9.53 Å². The third-order valence-corrected chi connectivity index (χ3v) is 4.26. The molecule has 144 valence electrons. The molecule has 1 amide bonds. The zero-order valence-corrected chi connectivity index (χ0v) is 16.4. The van der Waals surface area contributed by atoms with Gasteiger partial charge >= 0.3 is 0 Å². The predicted octanol–water partition coefficient (Wildman–Crippen LogP) is 3.35. The number of hydrogen-bond donors (Lipinski definition) is 2. The Hall–Kier alpha value is -2.67. The summed E-state index contributed by atoms with van der Waals surface area (Å²) in [6.45, 7) is 10.7. The van der Waals surface area contributed by atoms with Gasteiger partial charge in [0.15, 0.2) is 0 Å². The lowest BCUT2D eigenvalue weighted by molar-refractivity contribution is -0.123. The molecule has 1 aliphatic heterocycles. The molecule has 0 unspecified atom stereocenters. The van der Waals surface area contributed by atoms with Crippen molar-refractivity contribution in [3.8, 4) is 0 Å². The summed E-state index contributed by atoms with van der Waals surface area (Å²) < 4.78 is 5.41. The molecule has 0 radical (unpaired) electrons. The summed E-state index contributed by atoms with van der Waals surface area (Å²) in [7, 11) is 0. The fourth-order valence-corrected chi connectivity index (χ4v) is 2.67. The molecule has 2 aromatic rings. The standard InChI is InChI=1S/C20H27N5O2/c1-14-21-17(13-18(22-14)25-9-11-27-12-10-25)23-15-5-7-16(8-6-15)24-19(26)20(2,3)4/h5-8,13H,9-12H2,1-4H3,(H,24,26)(H,21,22,23). The highest BCUT2D eigenvalue weighted by Gasteiger charge is 2.21. The molecule has 0 saturated carbocycles. The number of aromatic nitrogens is 2. The molecule has 0 spiro atoms. The molecule has 1 fully saturated rings. The lowest BCUT2D eigenvalue weighted by Gasteiger charge is -2.28. The van der Waals surface area contributed by atoms with Crippen LogP contribution in [0.25, 0.3) is 0 Å². The Labute approximate surface area is 160 Å². The molecule has 2 heterocycles. The molecule has 0 atom stereocenters. The molecule has 2 N–H and O–H groups in total. The van der Waals surface area contributed by atoms with E-state index < -0.39 is 5.41 Å². The van der Waals surface area contributed by atoms with Gasteiger partial charge in [0, 0.05) is 35.9 Å². The predicted molar refractivity (Wildman–Crippen MR) is 108 cm³/mol. The van der Waals surface area contributed by atoms with Gasteiger partial charge in [-0.05, 0) is 31.2 Å². The number of ether oxygens (including phenoxy) is 1. The number of nitrogens with one attached hydrogen (secondary N) is 2. The largest absolute Gasteiger partial charge is 0.378 e. The molecule has 1 aromatic carbocycles. The second-order valence-electron chi connectivity index (χ2n) is 7.66. The minimum atomic E-state index is -0.425. The van der Waals surface area contributed by atoms with E-state index in [1.807, 2.05) is 58.0 Å². The summed E-state index contributed by atoms with van der Waals surface area (Å²) in [5, 5.41) is 6.24. The Kier molecular flexibility index (Phi) is 5.60. The van der Waals surface area contributed by atoms with E-state index in [0.717, 1.165) is 41.9 Å². The first-order chi connectivity index (χ1) is 12.8. The van der Waals surface area contributed by atoms with E-state index in [1.165, 1.54) is 0 Å². The number of amides is 1. The van der Waals surface area contributed by atoms with Crippen molar-refractivity contribution in [1.29, 1.82) is 0 Å². The topological polar surface area (TPSA) is 79.4 Å². The zero-order chi connectivity index (χ0) is 19.4. The van der Waals surface area contributed by atoms with Crippen LogP contribution in [0, 0.1) is 12.3 Å². The van der Waals surface area contributed by atoms with Gasteiger partial charge < -0.3 is 20.3 Å². The van der Waals surface area contributed by atoms with Crippen molar-refractivity contribution in [1.82, 2.24) is 9.97 Å². The third kappa shape index (κ3) is 5.17. The number of carbonyl (C=O) groups excluding carboxylic acids is 1. The van der Waals surface area contributed by atoms with Gasteiger partial charge in [-0.3, -0.25) is 4.79 Å². The second kappa shape index (κ2) is 7.92. The molecule has 27 heavy (non-hydrogen) atoms. The normalized spacial score (nSPS) is 14.7. The molecule has 1 saturated heterocycles. The lowest BCUT2D eigenvalue weighted by atomic mass is 9.95. The number of rotatable bonds is 4. The average Bonchev–Trinajstić information content (AvgIpc) is 2.63. The number of benzene rings is 1. The molecular formula is C20H27N5O2. The Balaban J connectivity index is 1.70. The van der Waals surface area contributed by atoms with Crippen molar-refractivity contribution in [3.05, 3.63) is 36.2 Å². The summed E-state index contributed by atoms with van der Waals surface area (Å²) in [6, 6.07) is 9.55. The van der Waals surface area contributed by atoms with Gasteiger partial charge in [0.05, 0.1) is 13.2 Å². The summed E-state index contributed by atoms with van der Waals surface area (Å²) in [6.07, 6.45) is 0. The van der Waals surface area contributed by atoms with Crippen LogP contribution in [-0.2, 0) is 9.53 Å². The van der Waals surface area contributed by atoms with Crippen LogP contribution < -0.4 is 15.5 Å². The van der Waals surface area contributed by atoms with Gasteiger partial charge in [-0.15, -0.1) is 0 Å². The first-order valence-electron chi connectivity index (χ1n) is 9.18. The van der Waals surface area contributed by atoms with Crippen LogP contribution >= 0.6 is 0 Å². The summed E-state index contributed by atoms with van der Waals surface area (Å²) in [5.74, 6) is 2.36. The van der Waals surface area contributed by atoms with E-state index in [2.05, 4.69) is 25.5 Å². The van der Waals surface area contributed by atoms with Gasteiger partial charge in [0.2, 0.25) is 5.91 Å². The van der Waals surface area contributed by atoms with Crippen LogP contribution in [-0.4, -0.2) is 42.2 Å². The first kappa shape index (κ1) is 19.1. The van der Waals surface area contributed by atoms with Crippen LogP contribution in [0.1, 0.15) is 26.6 Å². The Morgan fingerprint density at radius 1 is 1.07 bits per heavy atom. The monoisotopic (exact) mass is 369 g/mol. The number of hydrogen-bond acceptors (Lipinski definition) is 6. The highest BCUT2D eigenvalue weighted by molar-refractivity contribution is 5.94. The van der Waals surface area contributed by atoms with E-state index in [-0.39, 0.29) is 5.91 Å². The van der Waals surface area contributed by atoms with Gasteiger partial charge in [-0.2, -0.15) is 0 Å². The average molecular weight is 369 g/mol. The maximum atomic E-state index is 12.1. The second-order valence-corrected chi connectivity index (χ2v) is 7.66. The van der Waals surface area contributed by atoms with Crippen molar-refractivity contribution in [2.75, 3.05) is 41.8 Å².